The summed E-state index contributed by atoms with van der Waals surface area (Å²) in [5.74, 6) is -0.109. The van der Waals surface area contributed by atoms with Gasteiger partial charge in [-0.2, -0.15) is 0 Å². The molecule has 4 rings (SSSR count). The van der Waals surface area contributed by atoms with Gasteiger partial charge in [-0.25, -0.2) is 4.98 Å². The molecule has 1 aliphatic carbocycles. The predicted octanol–water partition coefficient (Wildman–Crippen LogP) is 4.72. The Morgan fingerprint density at radius 3 is 2.88 bits per heavy atom. The fourth-order valence-corrected chi connectivity index (χ4v) is 6.24. The van der Waals surface area contributed by atoms with Crippen molar-refractivity contribution in [1.82, 2.24) is 9.55 Å². The summed E-state index contributed by atoms with van der Waals surface area (Å²) in [5, 5.41) is 3.95. The molecule has 1 N–H and O–H groups in total. The van der Waals surface area contributed by atoms with Gasteiger partial charge in [-0.15, -0.1) is 11.3 Å². The molecule has 2 heterocycles. The number of thioether (sulfide) groups is 1. The van der Waals surface area contributed by atoms with E-state index in [1.807, 2.05) is 39.0 Å². The van der Waals surface area contributed by atoms with E-state index in [4.69, 9.17) is 9.72 Å². The molecule has 1 aromatic carbocycles. The topological polar surface area (TPSA) is 73.2 Å². The molecule has 1 aliphatic rings. The van der Waals surface area contributed by atoms with Crippen LogP contribution in [0, 0.1) is 13.8 Å². The third kappa shape index (κ3) is 4.63. The Morgan fingerprint density at radius 2 is 2.09 bits per heavy atom. The first-order valence-corrected chi connectivity index (χ1v) is 12.7. The van der Waals surface area contributed by atoms with Crippen LogP contribution in [0.2, 0.25) is 0 Å². The van der Waals surface area contributed by atoms with Crippen molar-refractivity contribution in [3.63, 3.8) is 0 Å². The Hall–Kier alpha value is -2.16. The molecule has 0 radical (unpaired) electrons. The Kier molecular flexibility index (Phi) is 7.02. The van der Waals surface area contributed by atoms with Gasteiger partial charge in [0.25, 0.3) is 5.56 Å². The van der Waals surface area contributed by atoms with Crippen molar-refractivity contribution in [2.75, 3.05) is 19.0 Å². The number of nitrogens with one attached hydrogen (secondary N) is 1. The highest BCUT2D eigenvalue weighted by atomic mass is 32.2. The van der Waals surface area contributed by atoms with Gasteiger partial charge in [0, 0.05) is 17.7 Å². The van der Waals surface area contributed by atoms with E-state index in [0.29, 0.717) is 18.3 Å². The maximum absolute atomic E-state index is 13.5. The summed E-state index contributed by atoms with van der Waals surface area (Å²) in [4.78, 5) is 33.4. The first-order valence-electron chi connectivity index (χ1n) is 11.0. The van der Waals surface area contributed by atoms with Crippen LogP contribution >= 0.6 is 23.1 Å². The zero-order valence-corrected chi connectivity index (χ0v) is 20.6. The average molecular weight is 472 g/mol. The number of amides is 1. The van der Waals surface area contributed by atoms with Crippen LogP contribution in [0.3, 0.4) is 0 Å². The molecule has 2 aromatic heterocycles. The first kappa shape index (κ1) is 23.0. The van der Waals surface area contributed by atoms with Gasteiger partial charge in [0.05, 0.1) is 23.8 Å². The highest BCUT2D eigenvalue weighted by Gasteiger charge is 2.24. The number of methoxy groups -OCH3 is 1. The quantitative estimate of drug-likeness (QED) is 0.399. The summed E-state index contributed by atoms with van der Waals surface area (Å²) in [6.07, 6.45) is 4.24. The number of fused-ring (bicyclic) bond motifs is 3. The van der Waals surface area contributed by atoms with Crippen LogP contribution in [0.15, 0.2) is 28.2 Å². The number of anilines is 1. The number of aromatic nitrogens is 2. The Labute approximate surface area is 196 Å². The molecule has 0 fully saturated rings. The number of rotatable bonds is 7. The third-order valence-electron chi connectivity index (χ3n) is 5.86. The molecule has 0 bridgehead atoms. The van der Waals surface area contributed by atoms with Crippen molar-refractivity contribution in [2.24, 2.45) is 0 Å². The number of hydrogen-bond acceptors (Lipinski definition) is 6. The SMILES string of the molecule is COCCn1c(SC(C)C(=O)Nc2cc(C)ccc2C)nc2sc3c(c2c1=O)CCCC3. The highest BCUT2D eigenvalue weighted by molar-refractivity contribution is 8.00. The minimum absolute atomic E-state index is 0.0175. The second kappa shape index (κ2) is 9.77. The van der Waals surface area contributed by atoms with Crippen LogP contribution in [-0.4, -0.2) is 34.4 Å². The molecule has 170 valence electrons. The summed E-state index contributed by atoms with van der Waals surface area (Å²) in [6.45, 7) is 6.65. The maximum atomic E-state index is 13.5. The largest absolute Gasteiger partial charge is 0.383 e. The van der Waals surface area contributed by atoms with Gasteiger partial charge in [0.1, 0.15) is 4.83 Å². The van der Waals surface area contributed by atoms with Gasteiger partial charge < -0.3 is 10.1 Å². The normalized spacial score (nSPS) is 14.4. The molecule has 32 heavy (non-hydrogen) atoms. The minimum atomic E-state index is -0.414. The van der Waals surface area contributed by atoms with Crippen LogP contribution in [0.1, 0.15) is 41.3 Å². The Balaban J connectivity index is 1.65. The predicted molar refractivity (Wildman–Crippen MR) is 132 cm³/mol. The van der Waals surface area contributed by atoms with E-state index in [-0.39, 0.29) is 11.5 Å². The van der Waals surface area contributed by atoms with Gasteiger partial charge >= 0.3 is 0 Å². The van der Waals surface area contributed by atoms with E-state index >= 15 is 0 Å². The van der Waals surface area contributed by atoms with E-state index in [1.165, 1.54) is 22.2 Å². The first-order chi connectivity index (χ1) is 15.4. The molecule has 1 atom stereocenters. The summed E-state index contributed by atoms with van der Waals surface area (Å²) >= 11 is 2.96. The Bertz CT molecular complexity index is 1220. The molecule has 0 spiro atoms. The van der Waals surface area contributed by atoms with Gasteiger partial charge in [-0.05, 0) is 69.2 Å². The van der Waals surface area contributed by atoms with Crippen molar-refractivity contribution in [1.29, 1.82) is 0 Å². The molecular formula is C24H29N3O3S2. The summed E-state index contributed by atoms with van der Waals surface area (Å²) < 4.78 is 6.92. The van der Waals surface area contributed by atoms with Crippen molar-refractivity contribution >= 4 is 44.9 Å². The zero-order chi connectivity index (χ0) is 22.8. The van der Waals surface area contributed by atoms with E-state index in [1.54, 1.807) is 23.0 Å². The molecule has 8 heteroatoms. The molecule has 3 aromatic rings. The van der Waals surface area contributed by atoms with E-state index < -0.39 is 5.25 Å². The molecule has 0 aliphatic heterocycles. The fourth-order valence-electron chi connectivity index (χ4n) is 4.01. The third-order valence-corrected chi connectivity index (χ3v) is 8.14. The Morgan fingerprint density at radius 1 is 1.31 bits per heavy atom. The molecular weight excluding hydrogens is 442 g/mol. The second-order valence-corrected chi connectivity index (χ2v) is 10.7. The van der Waals surface area contributed by atoms with Crippen molar-refractivity contribution in [3.8, 4) is 0 Å². The monoisotopic (exact) mass is 471 g/mol. The van der Waals surface area contributed by atoms with Crippen LogP contribution in [0.25, 0.3) is 10.2 Å². The van der Waals surface area contributed by atoms with Gasteiger partial charge in [0.15, 0.2) is 5.16 Å². The lowest BCUT2D eigenvalue weighted by atomic mass is 9.97. The van der Waals surface area contributed by atoms with E-state index in [0.717, 1.165) is 52.7 Å². The number of benzene rings is 1. The second-order valence-electron chi connectivity index (χ2n) is 8.30. The molecule has 6 nitrogen and oxygen atoms in total. The molecule has 1 unspecified atom stereocenters. The standard InChI is InChI=1S/C24H29N3O3S2/c1-14-9-10-15(2)18(13-14)25-21(28)16(3)31-24-26-22-20(23(29)27(24)11-12-30-4)17-7-5-6-8-19(17)32-22/h9-10,13,16H,5-8,11-12H2,1-4H3,(H,25,28). The van der Waals surface area contributed by atoms with Crippen LogP contribution in [0.4, 0.5) is 5.69 Å². The lowest BCUT2D eigenvalue weighted by molar-refractivity contribution is -0.115. The number of thiophene rings is 1. The van der Waals surface area contributed by atoms with Crippen molar-refractivity contribution in [2.45, 2.75) is 63.4 Å². The number of ether oxygens (including phenoxy) is 1. The maximum Gasteiger partial charge on any atom is 0.263 e. The van der Waals surface area contributed by atoms with Crippen LogP contribution in [0.5, 0.6) is 0 Å². The number of nitrogens with zero attached hydrogens (tertiary/aromatic N) is 2. The highest BCUT2D eigenvalue weighted by Crippen LogP contribution is 2.35. The van der Waals surface area contributed by atoms with Crippen LogP contribution in [-0.2, 0) is 28.9 Å². The number of carbonyl (C=O) groups excluding carboxylic acids is 1. The number of aryl methyl sites for hydroxylation is 4. The number of carbonyl (C=O) groups is 1. The molecule has 1 amide bonds. The zero-order valence-electron chi connectivity index (χ0n) is 19.0. The molecule has 0 saturated carbocycles. The van der Waals surface area contributed by atoms with Crippen molar-refractivity contribution in [3.05, 3.63) is 50.1 Å². The lowest BCUT2D eigenvalue weighted by Gasteiger charge is -2.17. The average Bonchev–Trinajstić information content (AvgIpc) is 3.14. The van der Waals surface area contributed by atoms with Gasteiger partial charge in [-0.1, -0.05) is 23.9 Å². The van der Waals surface area contributed by atoms with Gasteiger partial charge in [0.2, 0.25) is 5.91 Å². The summed E-state index contributed by atoms with van der Waals surface area (Å²) in [6, 6.07) is 6.00. The molecule has 0 saturated heterocycles. The smallest absolute Gasteiger partial charge is 0.263 e. The number of hydrogen-bond donors (Lipinski definition) is 1. The van der Waals surface area contributed by atoms with Crippen LogP contribution < -0.4 is 10.9 Å². The van der Waals surface area contributed by atoms with E-state index in [9.17, 15) is 9.59 Å². The lowest BCUT2D eigenvalue weighted by Crippen LogP contribution is -2.28. The summed E-state index contributed by atoms with van der Waals surface area (Å²) in [5.41, 5.74) is 4.08. The minimum Gasteiger partial charge on any atom is -0.383 e. The van der Waals surface area contributed by atoms with Crippen molar-refractivity contribution < 1.29 is 9.53 Å². The summed E-state index contributed by atoms with van der Waals surface area (Å²) in [7, 11) is 1.62. The van der Waals surface area contributed by atoms with E-state index in [2.05, 4.69) is 5.32 Å². The fraction of sp³-hybridized carbons (Fsp3) is 0.458. The van der Waals surface area contributed by atoms with Gasteiger partial charge in [-0.3, -0.25) is 14.2 Å².